The summed E-state index contributed by atoms with van der Waals surface area (Å²) in [6, 6.07) is -5.05. The van der Waals surface area contributed by atoms with Gasteiger partial charge in [-0.2, -0.15) is 0 Å². The minimum absolute atomic E-state index is 0.404. The second kappa shape index (κ2) is 38.8. The molecule has 5 heterocycles. The number of carbonyl (C=O) groups excluding carboxylic acids is 3. The van der Waals surface area contributed by atoms with E-state index in [1.165, 1.54) is 31.8 Å². The van der Waals surface area contributed by atoms with Crippen LogP contribution in [-0.4, -0.2) is 326 Å². The number of aliphatic carboxylic acids is 1. The minimum Gasteiger partial charge on any atom is -0.477 e. The molecule has 0 saturated carbocycles. The van der Waals surface area contributed by atoms with Gasteiger partial charge in [-0.25, -0.2) is 4.79 Å². The number of aliphatic hydroxyl groups excluding tert-OH is 16. The van der Waals surface area contributed by atoms with Gasteiger partial charge < -0.3 is 150 Å². The minimum atomic E-state index is -3.40. The fourth-order valence-corrected chi connectivity index (χ4v) is 11.3. The van der Waals surface area contributed by atoms with Crippen molar-refractivity contribution >= 4 is 46.9 Å². The van der Waals surface area contributed by atoms with Crippen molar-refractivity contribution in [2.24, 2.45) is 0 Å². The van der Waals surface area contributed by atoms with Gasteiger partial charge in [0.05, 0.1) is 63.9 Å². The average Bonchev–Trinajstić information content (AvgIpc) is 1.40. The third-order valence-corrected chi connectivity index (χ3v) is 16.6. The van der Waals surface area contributed by atoms with Crippen LogP contribution in [0.1, 0.15) is 91.4 Å². The van der Waals surface area contributed by atoms with Gasteiger partial charge in [-0.05, 0) is 12.8 Å². The van der Waals surface area contributed by atoms with E-state index < -0.39 is 246 Å². The highest BCUT2D eigenvalue weighted by molar-refractivity contribution is 6.53. The number of unbranched alkanes of at least 4 members (excludes halogenated alkanes) is 8. The first-order chi connectivity index (χ1) is 44.1. The number of hydrogen-bond acceptors (Lipinski definition) is 30. The average molecular weight is 1390 g/mol. The first-order valence-corrected chi connectivity index (χ1v) is 31.6. The van der Waals surface area contributed by atoms with Crippen LogP contribution in [0.2, 0.25) is 0 Å². The van der Waals surface area contributed by atoms with Crippen LogP contribution < -0.4 is 16.0 Å². The van der Waals surface area contributed by atoms with E-state index in [0.29, 0.717) is 12.8 Å². The van der Waals surface area contributed by atoms with Gasteiger partial charge >= 0.3 is 5.97 Å². The molecule has 34 nitrogen and oxygen atoms in total. The SMILES string of the molecule is CCCCCCCCCC#CCC/C=C/[C@@H](O)[C@H](CO[C@@H]1O[C@H](CO)[C@@H](O[C@@H]2O[C@H](CO)[C@H](O[C@@H]3O[C@H](CO)[C@H](O)[C@H](O[C@@H]4O[C@H](CO)[C@H](O)[C@H](O)[C@H]4O)[C@H]3NC(C)=O)[C@H](O[C@]3(C(=O)O)C[C@H](O)C(NC(C)=O)C([C@H](O)[C@H](O)CO)O3)[C@H]2O)[C@H](O)[C@H]1O)NC(=O)C(Cl)Cl. The molecule has 0 aliphatic carbocycles. The number of carbonyl (C=O) groups is 4. The van der Waals surface area contributed by atoms with Crippen LogP contribution in [0.15, 0.2) is 12.2 Å². The number of rotatable bonds is 34. The van der Waals surface area contributed by atoms with E-state index in [2.05, 4.69) is 34.7 Å². The predicted octanol–water partition coefficient (Wildman–Crippen LogP) is -7.28. The molecule has 536 valence electrons. The Balaban J connectivity index is 1.47. The summed E-state index contributed by atoms with van der Waals surface area (Å²) >= 11 is 11.6. The molecular weight excluding hydrogens is 1290 g/mol. The highest BCUT2D eigenvalue weighted by atomic mass is 35.5. The lowest BCUT2D eigenvalue weighted by molar-refractivity contribution is -0.403. The van der Waals surface area contributed by atoms with Gasteiger partial charge in [0.1, 0.15) is 116 Å². The Hall–Kier alpha value is -3.28. The van der Waals surface area contributed by atoms with E-state index in [-0.39, 0.29) is 0 Å². The van der Waals surface area contributed by atoms with Crippen molar-refractivity contribution in [3.63, 3.8) is 0 Å². The van der Waals surface area contributed by atoms with Crippen LogP contribution in [0.3, 0.4) is 0 Å². The van der Waals surface area contributed by atoms with Crippen LogP contribution in [0.5, 0.6) is 0 Å². The summed E-state index contributed by atoms with van der Waals surface area (Å²) in [5.41, 5.74) is 0. The Morgan fingerprint density at radius 1 is 0.613 bits per heavy atom. The molecule has 93 heavy (non-hydrogen) atoms. The zero-order valence-electron chi connectivity index (χ0n) is 51.4. The molecule has 5 saturated heterocycles. The Morgan fingerprint density at radius 3 is 1.74 bits per heavy atom. The second-order valence-electron chi connectivity index (χ2n) is 23.3. The number of halogens is 2. The highest BCUT2D eigenvalue weighted by Gasteiger charge is 2.62. The molecule has 0 radical (unpaired) electrons. The van der Waals surface area contributed by atoms with Crippen LogP contribution in [-0.2, 0) is 66.5 Å². The van der Waals surface area contributed by atoms with Crippen molar-refractivity contribution < 1.29 is 153 Å². The molecule has 0 spiro atoms. The lowest BCUT2D eigenvalue weighted by atomic mass is 9.88. The van der Waals surface area contributed by atoms with Gasteiger partial charge in [0, 0.05) is 33.1 Å². The smallest absolute Gasteiger partial charge is 0.364 e. The van der Waals surface area contributed by atoms with Crippen molar-refractivity contribution in [1.82, 2.24) is 16.0 Å². The number of alkyl halides is 2. The van der Waals surface area contributed by atoms with E-state index in [1.54, 1.807) is 6.08 Å². The molecule has 0 aromatic heterocycles. The zero-order valence-corrected chi connectivity index (χ0v) is 52.9. The zero-order chi connectivity index (χ0) is 69.0. The summed E-state index contributed by atoms with van der Waals surface area (Å²) in [6.07, 6.45) is -38.8. The van der Waals surface area contributed by atoms with Gasteiger partial charge in [-0.1, -0.05) is 80.8 Å². The number of aliphatic hydroxyl groups is 16. The number of nitrogens with one attached hydrogen (secondary N) is 3. The monoisotopic (exact) mass is 1390 g/mol. The molecule has 5 aliphatic rings. The molecule has 2 unspecified atom stereocenters. The second-order valence-corrected chi connectivity index (χ2v) is 24.4. The van der Waals surface area contributed by atoms with E-state index >= 15 is 0 Å². The number of allylic oxidation sites excluding steroid dienone is 1. The first-order valence-electron chi connectivity index (χ1n) is 30.7. The van der Waals surface area contributed by atoms with Gasteiger partial charge in [0.25, 0.3) is 11.7 Å². The molecule has 28 atom stereocenters. The summed E-state index contributed by atoms with van der Waals surface area (Å²) < 4.78 is 59.1. The van der Waals surface area contributed by atoms with Crippen molar-refractivity contribution in [2.75, 3.05) is 39.6 Å². The number of amides is 3. The van der Waals surface area contributed by atoms with Crippen LogP contribution >= 0.6 is 23.2 Å². The number of ether oxygens (including phenoxy) is 10. The Kier molecular flexibility index (Phi) is 33.5. The quantitative estimate of drug-likeness (QED) is 0.0123. The number of hydrogen-bond donors (Lipinski definition) is 20. The predicted molar refractivity (Wildman–Crippen MR) is 313 cm³/mol. The highest BCUT2D eigenvalue weighted by Crippen LogP contribution is 2.41. The maximum Gasteiger partial charge on any atom is 0.364 e. The molecule has 5 rings (SSSR count). The Labute approximate surface area is 545 Å². The van der Waals surface area contributed by atoms with Crippen LogP contribution in [0.25, 0.3) is 0 Å². The maximum absolute atomic E-state index is 13.7. The van der Waals surface area contributed by atoms with Gasteiger partial charge in [-0.3, -0.25) is 14.4 Å². The molecular formula is C57H93Cl2N3O31. The van der Waals surface area contributed by atoms with E-state index in [1.807, 2.05) is 0 Å². The van der Waals surface area contributed by atoms with Crippen LogP contribution in [0.4, 0.5) is 0 Å². The largest absolute Gasteiger partial charge is 0.477 e. The third-order valence-electron chi connectivity index (χ3n) is 16.3. The van der Waals surface area contributed by atoms with E-state index in [9.17, 15) is 106 Å². The lowest BCUT2D eigenvalue weighted by Crippen LogP contribution is -2.72. The van der Waals surface area contributed by atoms with E-state index in [0.717, 1.165) is 39.5 Å². The molecule has 20 N–H and O–H groups in total. The number of carboxylic acid groups (broad SMARTS) is 1. The fraction of sp³-hybridized carbons (Fsp3) is 0.860. The van der Waals surface area contributed by atoms with Crippen molar-refractivity contribution in [3.05, 3.63) is 12.2 Å². The van der Waals surface area contributed by atoms with Crippen molar-refractivity contribution in [3.8, 4) is 11.8 Å². The maximum atomic E-state index is 13.7. The molecule has 0 bridgehead atoms. The fourth-order valence-electron chi connectivity index (χ4n) is 11.2. The van der Waals surface area contributed by atoms with Crippen molar-refractivity contribution in [1.29, 1.82) is 0 Å². The normalized spacial score (nSPS) is 37.9. The number of carboxylic acids is 1. The third kappa shape index (κ3) is 21.6. The standard InChI is InChI=1S/C57H93Cl2N3O31/c1-4-5-6-7-8-9-10-11-12-13-14-15-16-17-28(70)27(62-51(81)50(58)59)24-84-53-43(79)41(77)45(33(22-66)87-53)89-55-44(80)49(93-57(56(82)83)18-29(71)35(60-25(2)68)48(92-57)37(73)30(72)19-63)46(34(23-67)88-55)90-52-36(61-26(3)69)47(39(75)32(21-65)85-52)91-54-42(78)40(76)38(74)31(20-64)86-54/h16-17,27-50,52-55,63-67,70-80H,4-11,14-15,18-24H2,1-3H3,(H,60,68)(H,61,69)(H,62,81)(H,82,83)/b17-16+/t27-,28+,29-,30+,31+,32+,33+,34+,35?,36+,37+,38-,39-,40-,41+,42+,43+,44+,45+,46-,47+,48?,49+,52-,53+,54-,55-,57-/m0/s1. The molecule has 0 aromatic carbocycles. The summed E-state index contributed by atoms with van der Waals surface area (Å²) in [6.45, 7) is -2.26. The summed E-state index contributed by atoms with van der Waals surface area (Å²) in [5, 5.41) is 194. The van der Waals surface area contributed by atoms with Gasteiger partial charge in [0.2, 0.25) is 11.8 Å². The van der Waals surface area contributed by atoms with Crippen molar-refractivity contribution in [2.45, 2.75) is 267 Å². The summed E-state index contributed by atoms with van der Waals surface area (Å²) in [5.74, 6) is -2.16. The molecule has 3 amide bonds. The molecule has 36 heteroatoms. The summed E-state index contributed by atoms with van der Waals surface area (Å²) in [7, 11) is 0. The Bertz CT molecular complexity index is 2380. The first kappa shape index (κ1) is 80.4. The Morgan fingerprint density at radius 2 is 1.14 bits per heavy atom. The van der Waals surface area contributed by atoms with Gasteiger partial charge in [0.15, 0.2) is 30.0 Å². The summed E-state index contributed by atoms with van der Waals surface area (Å²) in [4.78, 5) is 50.1. The molecule has 0 aromatic rings. The molecule has 5 fully saturated rings. The van der Waals surface area contributed by atoms with Gasteiger partial charge in [-0.15, -0.1) is 11.8 Å². The lowest BCUT2D eigenvalue weighted by Gasteiger charge is -2.52. The molecule has 5 aliphatic heterocycles. The van der Waals surface area contributed by atoms with Crippen LogP contribution in [0, 0.1) is 11.8 Å². The van der Waals surface area contributed by atoms with E-state index in [4.69, 9.17) is 70.6 Å². The topological polar surface area (TPSA) is 541 Å².